The Balaban J connectivity index is 0.00000169. The number of nitrogen functional groups attached to an aromatic ring is 1. The molecule has 0 bridgehead atoms. The number of likely N-dealkylation sites (N-methyl/N-ethyl adjacent to an activating group) is 1. The van der Waals surface area contributed by atoms with Crippen LogP contribution in [0.2, 0.25) is 0 Å². The zero-order valence-corrected chi connectivity index (χ0v) is 16.3. The van der Waals surface area contributed by atoms with Gasteiger partial charge in [-0.2, -0.15) is 0 Å². The first-order valence-electron chi connectivity index (χ1n) is 7.86. The minimum absolute atomic E-state index is 0. The minimum Gasteiger partial charge on any atom is -0.454 e. The summed E-state index contributed by atoms with van der Waals surface area (Å²) < 4.78 is 10.5. The van der Waals surface area contributed by atoms with Gasteiger partial charge < -0.3 is 30.3 Å². The zero-order chi connectivity index (χ0) is 17.3. The molecular weight excluding hydrogens is 383 g/mol. The fraction of sp³-hybridized carbons (Fsp3) is 0.500. The van der Waals surface area contributed by atoms with E-state index in [9.17, 15) is 9.59 Å². The molecule has 0 aromatic heterocycles. The summed E-state index contributed by atoms with van der Waals surface area (Å²) in [6, 6.07) is 3.28. The van der Waals surface area contributed by atoms with Gasteiger partial charge in [0.25, 0.3) is 0 Å². The summed E-state index contributed by atoms with van der Waals surface area (Å²) in [5.74, 6) is 0.549. The summed E-state index contributed by atoms with van der Waals surface area (Å²) >= 11 is 0. The van der Waals surface area contributed by atoms with Crippen LogP contribution in [0.3, 0.4) is 0 Å². The molecule has 0 radical (unpaired) electrons. The summed E-state index contributed by atoms with van der Waals surface area (Å²) in [6.07, 6.45) is 0.226. The third kappa shape index (κ3) is 4.84. The van der Waals surface area contributed by atoms with Gasteiger partial charge in [-0.1, -0.05) is 0 Å². The number of carbonyl (C=O) groups is 2. The van der Waals surface area contributed by atoms with E-state index in [1.807, 2.05) is 19.0 Å². The lowest BCUT2D eigenvalue weighted by Crippen LogP contribution is -2.34. The number of hydrogen-bond acceptors (Lipinski definition) is 6. The first-order chi connectivity index (χ1) is 11.4. The molecule has 3 rings (SSSR count). The minimum atomic E-state index is -0.371. The highest BCUT2D eigenvalue weighted by molar-refractivity contribution is 5.99. The van der Waals surface area contributed by atoms with Crippen molar-refractivity contribution < 1.29 is 19.1 Å². The highest BCUT2D eigenvalue weighted by Crippen LogP contribution is 2.38. The van der Waals surface area contributed by atoms with Gasteiger partial charge in [-0.15, -0.1) is 24.8 Å². The number of halogens is 2. The summed E-state index contributed by atoms with van der Waals surface area (Å²) in [5.41, 5.74) is 6.82. The van der Waals surface area contributed by atoms with Crippen LogP contribution < -0.4 is 20.5 Å². The molecule has 0 saturated carbocycles. The molecule has 1 atom stereocenters. The van der Waals surface area contributed by atoms with E-state index in [-0.39, 0.29) is 55.8 Å². The predicted molar refractivity (Wildman–Crippen MR) is 103 cm³/mol. The average Bonchev–Trinajstić information content (AvgIpc) is 3.11. The maximum atomic E-state index is 12.5. The number of hydrogen-bond donors (Lipinski definition) is 2. The summed E-state index contributed by atoms with van der Waals surface area (Å²) in [7, 11) is 3.90. The van der Waals surface area contributed by atoms with E-state index in [0.29, 0.717) is 36.0 Å². The lowest BCUT2D eigenvalue weighted by atomic mass is 10.1. The van der Waals surface area contributed by atoms with Crippen molar-refractivity contribution >= 4 is 48.0 Å². The van der Waals surface area contributed by atoms with Crippen molar-refractivity contribution in [3.8, 4) is 11.5 Å². The maximum Gasteiger partial charge on any atom is 0.231 e. The van der Waals surface area contributed by atoms with Gasteiger partial charge in [-0.25, -0.2) is 0 Å². The molecule has 10 heteroatoms. The third-order valence-electron chi connectivity index (χ3n) is 4.21. The number of nitrogens with zero attached hydrogens (tertiary/aromatic N) is 2. The number of ether oxygens (including phenoxy) is 2. The van der Waals surface area contributed by atoms with E-state index in [2.05, 4.69) is 5.32 Å². The van der Waals surface area contributed by atoms with E-state index < -0.39 is 0 Å². The normalized spacial score (nSPS) is 17.7. The Morgan fingerprint density at radius 3 is 2.62 bits per heavy atom. The smallest absolute Gasteiger partial charge is 0.231 e. The molecule has 3 N–H and O–H groups in total. The Kier molecular flexibility index (Phi) is 7.80. The van der Waals surface area contributed by atoms with Crippen LogP contribution in [0.5, 0.6) is 11.5 Å². The molecule has 0 aliphatic carbocycles. The molecule has 8 nitrogen and oxygen atoms in total. The topological polar surface area (TPSA) is 97.1 Å². The molecule has 2 amide bonds. The molecule has 1 saturated heterocycles. The highest BCUT2D eigenvalue weighted by atomic mass is 35.5. The van der Waals surface area contributed by atoms with Gasteiger partial charge >= 0.3 is 0 Å². The van der Waals surface area contributed by atoms with Gasteiger partial charge in [0.2, 0.25) is 18.6 Å². The van der Waals surface area contributed by atoms with Crippen molar-refractivity contribution in [2.24, 2.45) is 5.92 Å². The summed E-state index contributed by atoms with van der Waals surface area (Å²) in [6.45, 7) is 1.98. The Morgan fingerprint density at radius 1 is 1.31 bits per heavy atom. The van der Waals surface area contributed by atoms with E-state index in [0.717, 1.165) is 6.54 Å². The van der Waals surface area contributed by atoms with E-state index in [1.54, 1.807) is 17.0 Å². The molecule has 2 aliphatic rings. The largest absolute Gasteiger partial charge is 0.454 e. The Bertz CT molecular complexity index is 672. The van der Waals surface area contributed by atoms with Crippen molar-refractivity contribution in [3.05, 3.63) is 12.1 Å². The lowest BCUT2D eigenvalue weighted by molar-refractivity contribution is -0.128. The van der Waals surface area contributed by atoms with Crippen molar-refractivity contribution in [2.75, 3.05) is 51.6 Å². The number of carbonyl (C=O) groups excluding carboxylic acids is 2. The van der Waals surface area contributed by atoms with E-state index in [4.69, 9.17) is 15.2 Å². The number of amides is 2. The maximum absolute atomic E-state index is 12.5. The second-order valence-electron chi connectivity index (χ2n) is 6.33. The van der Waals surface area contributed by atoms with Crippen LogP contribution in [0.1, 0.15) is 6.42 Å². The van der Waals surface area contributed by atoms with Gasteiger partial charge in [0.15, 0.2) is 11.5 Å². The van der Waals surface area contributed by atoms with Crippen LogP contribution in [-0.2, 0) is 9.59 Å². The third-order valence-corrected chi connectivity index (χ3v) is 4.21. The van der Waals surface area contributed by atoms with Gasteiger partial charge in [0, 0.05) is 38.2 Å². The van der Waals surface area contributed by atoms with E-state index in [1.165, 1.54) is 0 Å². The first-order valence-corrected chi connectivity index (χ1v) is 7.86. The van der Waals surface area contributed by atoms with Crippen LogP contribution >= 0.6 is 24.8 Å². The quantitative estimate of drug-likeness (QED) is 0.712. The number of nitrogens with one attached hydrogen (secondary N) is 1. The van der Waals surface area contributed by atoms with Crippen LogP contribution in [0.4, 0.5) is 11.4 Å². The number of likely N-dealkylation sites (tertiary alicyclic amines) is 1. The van der Waals surface area contributed by atoms with Crippen molar-refractivity contribution in [3.63, 3.8) is 0 Å². The fourth-order valence-corrected chi connectivity index (χ4v) is 2.79. The predicted octanol–water partition coefficient (Wildman–Crippen LogP) is 1.19. The van der Waals surface area contributed by atoms with Crippen LogP contribution in [-0.4, -0.2) is 62.1 Å². The number of nitrogens with two attached hydrogens (primary N) is 1. The van der Waals surface area contributed by atoms with Gasteiger partial charge in [0.1, 0.15) is 0 Å². The standard InChI is InChI=1S/C16H22N4O4.2ClH/c1-19(2)3-4-20-8-10(5-15(20)21)16(22)18-12-7-14-13(6-11(12)17)23-9-24-14;;/h6-7,10H,3-5,8-9,17H2,1-2H3,(H,18,22);2*1H. The van der Waals surface area contributed by atoms with Gasteiger partial charge in [-0.05, 0) is 14.1 Å². The molecular formula is C16H24Cl2N4O4. The second-order valence-corrected chi connectivity index (χ2v) is 6.33. The van der Waals surface area contributed by atoms with Crippen molar-refractivity contribution in [2.45, 2.75) is 6.42 Å². The highest BCUT2D eigenvalue weighted by Gasteiger charge is 2.34. The van der Waals surface area contributed by atoms with Crippen LogP contribution in [0, 0.1) is 5.92 Å². The van der Waals surface area contributed by atoms with Crippen molar-refractivity contribution in [1.82, 2.24) is 9.80 Å². The number of anilines is 2. The second kappa shape index (κ2) is 9.16. The molecule has 1 fully saturated rings. The molecule has 1 aromatic carbocycles. The average molecular weight is 407 g/mol. The Hall–Kier alpha value is -1.90. The lowest BCUT2D eigenvalue weighted by Gasteiger charge is -2.19. The number of benzene rings is 1. The van der Waals surface area contributed by atoms with Crippen molar-refractivity contribution in [1.29, 1.82) is 0 Å². The van der Waals surface area contributed by atoms with Gasteiger partial charge in [0.05, 0.1) is 17.3 Å². The Morgan fingerprint density at radius 2 is 1.96 bits per heavy atom. The molecule has 26 heavy (non-hydrogen) atoms. The monoisotopic (exact) mass is 406 g/mol. The summed E-state index contributed by atoms with van der Waals surface area (Å²) in [5, 5.41) is 2.80. The fourth-order valence-electron chi connectivity index (χ4n) is 2.79. The molecule has 0 spiro atoms. The SMILES string of the molecule is CN(C)CCN1CC(C(=O)Nc2cc3c(cc2N)OCO3)CC1=O.Cl.Cl. The molecule has 1 unspecified atom stereocenters. The van der Waals surface area contributed by atoms with Gasteiger partial charge in [-0.3, -0.25) is 9.59 Å². The molecule has 2 aliphatic heterocycles. The van der Waals surface area contributed by atoms with Crippen LogP contribution in [0.15, 0.2) is 12.1 Å². The molecule has 1 aromatic rings. The van der Waals surface area contributed by atoms with E-state index >= 15 is 0 Å². The van der Waals surface area contributed by atoms with Crippen LogP contribution in [0.25, 0.3) is 0 Å². The first kappa shape index (κ1) is 22.1. The zero-order valence-electron chi connectivity index (χ0n) is 14.7. The molecule has 146 valence electrons. The Labute approximate surface area is 164 Å². The molecule has 2 heterocycles. The summed E-state index contributed by atoms with van der Waals surface area (Å²) in [4.78, 5) is 28.2. The number of rotatable bonds is 5. The number of fused-ring (bicyclic) bond motifs is 1.